The third kappa shape index (κ3) is 2.19. The van der Waals surface area contributed by atoms with Gasteiger partial charge in [0.1, 0.15) is 0 Å². The minimum Gasteiger partial charge on any atom is -0.469 e. The second-order valence-electron chi connectivity index (χ2n) is 6.63. The van der Waals surface area contributed by atoms with Gasteiger partial charge in [-0.1, -0.05) is 32.0 Å². The number of methoxy groups -OCH3 is 1. The molecule has 20 heavy (non-hydrogen) atoms. The molecule has 0 radical (unpaired) electrons. The Morgan fingerprint density at radius 2 is 2.00 bits per heavy atom. The number of carbonyl (C=O) groups excluding carboxylic acids is 1. The van der Waals surface area contributed by atoms with Crippen LogP contribution in [0.1, 0.15) is 44.6 Å². The van der Waals surface area contributed by atoms with Crippen LogP contribution in [0.15, 0.2) is 24.3 Å². The highest BCUT2D eigenvalue weighted by Crippen LogP contribution is 2.66. The molecule has 3 heteroatoms. The Hall–Kier alpha value is -1.51. The molecule has 2 aliphatic rings. The zero-order valence-corrected chi connectivity index (χ0v) is 12.5. The van der Waals surface area contributed by atoms with Crippen molar-refractivity contribution >= 4 is 11.7 Å². The molecule has 0 amide bonds. The van der Waals surface area contributed by atoms with Crippen molar-refractivity contribution in [3.63, 3.8) is 0 Å². The van der Waals surface area contributed by atoms with E-state index in [4.69, 9.17) is 4.74 Å². The molecule has 0 aliphatic heterocycles. The van der Waals surface area contributed by atoms with E-state index in [1.807, 2.05) is 0 Å². The van der Waals surface area contributed by atoms with Gasteiger partial charge in [-0.05, 0) is 42.2 Å². The van der Waals surface area contributed by atoms with Crippen molar-refractivity contribution in [2.75, 3.05) is 12.4 Å². The fourth-order valence-corrected chi connectivity index (χ4v) is 3.65. The summed E-state index contributed by atoms with van der Waals surface area (Å²) in [6, 6.07) is 9.03. The molecule has 1 atom stereocenters. The van der Waals surface area contributed by atoms with Crippen LogP contribution in [-0.4, -0.2) is 19.1 Å². The topological polar surface area (TPSA) is 38.3 Å². The normalized spacial score (nSPS) is 31.0. The van der Waals surface area contributed by atoms with E-state index in [1.54, 1.807) is 0 Å². The largest absolute Gasteiger partial charge is 0.469 e. The third-order valence-electron chi connectivity index (χ3n) is 4.92. The zero-order valence-electron chi connectivity index (χ0n) is 12.5. The van der Waals surface area contributed by atoms with Crippen LogP contribution in [0.4, 0.5) is 5.69 Å². The molecule has 2 aliphatic carbocycles. The summed E-state index contributed by atoms with van der Waals surface area (Å²) in [6.45, 7) is 4.44. The van der Waals surface area contributed by atoms with Crippen molar-refractivity contribution in [1.29, 1.82) is 0 Å². The van der Waals surface area contributed by atoms with E-state index in [2.05, 4.69) is 43.4 Å². The Kier molecular flexibility index (Phi) is 3.23. The van der Waals surface area contributed by atoms with E-state index >= 15 is 0 Å². The summed E-state index contributed by atoms with van der Waals surface area (Å²) in [7, 11) is 1.49. The smallest absolute Gasteiger partial charge is 0.309 e. The van der Waals surface area contributed by atoms with Crippen LogP contribution in [0.2, 0.25) is 0 Å². The van der Waals surface area contributed by atoms with Gasteiger partial charge in [0.15, 0.2) is 0 Å². The molecule has 0 bridgehead atoms. The minimum absolute atomic E-state index is 0.0222. The second kappa shape index (κ2) is 4.80. The van der Waals surface area contributed by atoms with E-state index in [1.165, 1.54) is 18.4 Å². The molecular weight excluding hydrogens is 250 g/mol. The minimum atomic E-state index is -0.0222. The Balaban J connectivity index is 1.59. The molecule has 1 unspecified atom stereocenters. The lowest BCUT2D eigenvalue weighted by Gasteiger charge is -2.38. The summed E-state index contributed by atoms with van der Waals surface area (Å²) in [6.07, 6.45) is 3.21. The van der Waals surface area contributed by atoms with E-state index in [-0.39, 0.29) is 17.3 Å². The van der Waals surface area contributed by atoms with E-state index in [9.17, 15) is 4.79 Å². The number of carbonyl (C=O) groups is 1. The number of ether oxygens (including phenoxy) is 1. The van der Waals surface area contributed by atoms with Crippen molar-refractivity contribution in [1.82, 2.24) is 0 Å². The molecule has 3 nitrogen and oxygen atoms in total. The number of hydrogen-bond acceptors (Lipinski definition) is 3. The lowest BCUT2D eigenvalue weighted by molar-refractivity contribution is -0.143. The highest BCUT2D eigenvalue weighted by Gasteiger charge is 2.65. The van der Waals surface area contributed by atoms with Gasteiger partial charge in [0.2, 0.25) is 0 Å². The predicted octanol–water partition coefficient (Wildman–Crippen LogP) is 3.56. The Labute approximate surface area is 120 Å². The van der Waals surface area contributed by atoms with Crippen molar-refractivity contribution in [2.45, 2.75) is 45.1 Å². The van der Waals surface area contributed by atoms with Gasteiger partial charge < -0.3 is 10.1 Å². The average molecular weight is 273 g/mol. The van der Waals surface area contributed by atoms with Gasteiger partial charge in [-0.3, -0.25) is 4.79 Å². The van der Waals surface area contributed by atoms with Crippen LogP contribution in [-0.2, 0) is 9.53 Å². The molecule has 108 valence electrons. The summed E-state index contributed by atoms with van der Waals surface area (Å²) < 4.78 is 4.85. The highest BCUT2D eigenvalue weighted by atomic mass is 16.5. The number of esters is 1. The average Bonchev–Trinajstić information content (AvgIpc) is 3.13. The second-order valence-corrected chi connectivity index (χ2v) is 6.63. The number of nitrogens with one attached hydrogen (secondary N) is 1. The van der Waals surface area contributed by atoms with E-state index in [0.717, 1.165) is 19.3 Å². The molecule has 0 aromatic heterocycles. The Bertz CT molecular complexity index is 517. The molecule has 3 rings (SSSR count). The number of benzene rings is 1. The van der Waals surface area contributed by atoms with Crippen LogP contribution in [0, 0.1) is 11.3 Å². The van der Waals surface area contributed by atoms with Gasteiger partial charge >= 0.3 is 5.97 Å². The molecule has 2 saturated carbocycles. The number of rotatable bonds is 4. The monoisotopic (exact) mass is 273 g/mol. The molecule has 1 N–H and O–H groups in total. The predicted molar refractivity (Wildman–Crippen MR) is 79.7 cm³/mol. The summed E-state index contributed by atoms with van der Waals surface area (Å²) in [5.41, 5.74) is 2.88. The maximum Gasteiger partial charge on any atom is 0.309 e. The molecular formula is C17H23NO2. The lowest BCUT2D eigenvalue weighted by atomic mass is 9.75. The summed E-state index contributed by atoms with van der Waals surface area (Å²) in [4.78, 5) is 11.5. The van der Waals surface area contributed by atoms with E-state index < -0.39 is 0 Å². The van der Waals surface area contributed by atoms with Gasteiger partial charge in [-0.25, -0.2) is 0 Å². The first-order chi connectivity index (χ1) is 9.55. The highest BCUT2D eigenvalue weighted by molar-refractivity contribution is 5.77. The first-order valence-corrected chi connectivity index (χ1v) is 7.49. The standard InChI is InChI=1S/C17H23NO2/c1-11(2)13-6-4-5-7-15(13)18-12-8-17(9-12)10-14(17)16(19)20-3/h4-7,11-12,14,18H,8-10H2,1-3H3. The zero-order chi connectivity index (χ0) is 14.3. The summed E-state index contributed by atoms with van der Waals surface area (Å²) in [5, 5.41) is 3.65. The van der Waals surface area contributed by atoms with Crippen LogP contribution in [0.5, 0.6) is 0 Å². The number of para-hydroxylation sites is 1. The molecule has 1 aromatic carbocycles. The summed E-state index contributed by atoms with van der Waals surface area (Å²) >= 11 is 0. The van der Waals surface area contributed by atoms with Crippen molar-refractivity contribution in [3.05, 3.63) is 29.8 Å². The van der Waals surface area contributed by atoms with E-state index in [0.29, 0.717) is 12.0 Å². The maximum absolute atomic E-state index is 11.5. The van der Waals surface area contributed by atoms with Gasteiger partial charge in [-0.2, -0.15) is 0 Å². The van der Waals surface area contributed by atoms with Crippen molar-refractivity contribution < 1.29 is 9.53 Å². The fourth-order valence-electron chi connectivity index (χ4n) is 3.65. The third-order valence-corrected chi connectivity index (χ3v) is 4.92. The number of anilines is 1. The summed E-state index contributed by atoms with van der Waals surface area (Å²) in [5.74, 6) is 0.661. The first kappa shape index (κ1) is 13.5. The van der Waals surface area contributed by atoms with Crippen LogP contribution in [0.25, 0.3) is 0 Å². The van der Waals surface area contributed by atoms with Crippen molar-refractivity contribution in [2.24, 2.45) is 11.3 Å². The van der Waals surface area contributed by atoms with Gasteiger partial charge in [-0.15, -0.1) is 0 Å². The van der Waals surface area contributed by atoms with Crippen LogP contribution in [0.3, 0.4) is 0 Å². The lowest BCUT2D eigenvalue weighted by Crippen LogP contribution is -2.39. The first-order valence-electron chi connectivity index (χ1n) is 7.49. The van der Waals surface area contributed by atoms with Crippen LogP contribution < -0.4 is 5.32 Å². The number of hydrogen-bond donors (Lipinski definition) is 1. The van der Waals surface area contributed by atoms with Crippen molar-refractivity contribution in [3.8, 4) is 0 Å². The Morgan fingerprint density at radius 3 is 2.65 bits per heavy atom. The molecule has 1 aromatic rings. The molecule has 2 fully saturated rings. The molecule has 1 spiro atoms. The van der Waals surface area contributed by atoms with Crippen LogP contribution >= 0.6 is 0 Å². The molecule has 0 saturated heterocycles. The maximum atomic E-state index is 11.5. The fraction of sp³-hybridized carbons (Fsp3) is 0.588. The SMILES string of the molecule is COC(=O)C1CC12CC(Nc1ccccc1C(C)C)C2. The quantitative estimate of drug-likeness (QED) is 0.852. The molecule has 0 heterocycles. The van der Waals surface area contributed by atoms with Gasteiger partial charge in [0, 0.05) is 11.7 Å². The Morgan fingerprint density at radius 1 is 1.30 bits per heavy atom. The van der Waals surface area contributed by atoms with Gasteiger partial charge in [0.25, 0.3) is 0 Å². The van der Waals surface area contributed by atoms with Gasteiger partial charge in [0.05, 0.1) is 13.0 Å².